The molecule has 0 saturated heterocycles. The molecule has 0 aliphatic carbocycles. The van der Waals surface area contributed by atoms with Crippen LogP contribution >= 0.6 is 0 Å². The van der Waals surface area contributed by atoms with E-state index in [4.69, 9.17) is 5.11 Å². The highest BCUT2D eigenvalue weighted by atomic mass is 16.6. The van der Waals surface area contributed by atoms with Gasteiger partial charge in [0.25, 0.3) is 0 Å². The molecule has 9 nitrogen and oxygen atoms in total. The van der Waals surface area contributed by atoms with Crippen LogP contribution in [-0.4, -0.2) is 35.7 Å². The third-order valence-corrected chi connectivity index (χ3v) is 1.88. The van der Waals surface area contributed by atoms with Crippen molar-refractivity contribution in [2.24, 2.45) is 0 Å². The average Bonchev–Trinajstić information content (AvgIpc) is 2.75. The van der Waals surface area contributed by atoms with Gasteiger partial charge in [0.15, 0.2) is 5.82 Å². The summed E-state index contributed by atoms with van der Waals surface area (Å²) in [5.41, 5.74) is -1.23. The molecule has 2 aromatic rings. The molecule has 0 fully saturated rings. The van der Waals surface area contributed by atoms with Crippen LogP contribution in [0.3, 0.4) is 0 Å². The van der Waals surface area contributed by atoms with Crippen molar-refractivity contribution in [1.29, 1.82) is 0 Å². The van der Waals surface area contributed by atoms with Gasteiger partial charge in [0.05, 0.1) is 11.1 Å². The van der Waals surface area contributed by atoms with Crippen molar-refractivity contribution in [3.05, 3.63) is 40.6 Å². The number of carboxylic acid groups (broad SMARTS) is 1. The summed E-state index contributed by atoms with van der Waals surface area (Å²) in [6.07, 6.45) is 5.07. The molecule has 9 heteroatoms. The first kappa shape index (κ1) is 10.7. The van der Waals surface area contributed by atoms with Gasteiger partial charge < -0.3 is 5.11 Å². The van der Waals surface area contributed by atoms with E-state index in [2.05, 4.69) is 15.1 Å². The van der Waals surface area contributed by atoms with Crippen LogP contribution in [0.5, 0.6) is 0 Å². The number of aromatic nitrogens is 4. The monoisotopic (exact) mass is 235 g/mol. The first-order valence-electron chi connectivity index (χ1n) is 4.33. The summed E-state index contributed by atoms with van der Waals surface area (Å²) in [6, 6.07) is 0. The van der Waals surface area contributed by atoms with E-state index >= 15 is 0 Å². The van der Waals surface area contributed by atoms with Gasteiger partial charge in [-0.15, -0.1) is 0 Å². The average molecular weight is 235 g/mol. The second-order valence-electron chi connectivity index (χ2n) is 2.93. The lowest BCUT2D eigenvalue weighted by Crippen LogP contribution is -2.03. The Balaban J connectivity index is 2.55. The summed E-state index contributed by atoms with van der Waals surface area (Å²) >= 11 is 0. The maximum Gasteiger partial charge on any atom is 0.363 e. The van der Waals surface area contributed by atoms with Crippen molar-refractivity contribution in [2.75, 3.05) is 0 Å². The van der Waals surface area contributed by atoms with Gasteiger partial charge in [0.1, 0.15) is 6.20 Å². The first-order valence-corrected chi connectivity index (χ1v) is 4.33. The molecule has 86 valence electrons. The quantitative estimate of drug-likeness (QED) is 0.597. The predicted molar refractivity (Wildman–Crippen MR) is 52.8 cm³/mol. The minimum atomic E-state index is -1.47. The Hall–Kier alpha value is -2.84. The molecule has 2 aromatic heterocycles. The second kappa shape index (κ2) is 3.96. The topological polar surface area (TPSA) is 124 Å². The van der Waals surface area contributed by atoms with Gasteiger partial charge in [-0.3, -0.25) is 15.1 Å². The predicted octanol–water partition coefficient (Wildman–Crippen LogP) is 0.269. The second-order valence-corrected chi connectivity index (χ2v) is 2.93. The maximum absolute atomic E-state index is 10.8. The zero-order valence-electron chi connectivity index (χ0n) is 8.22. The Kier molecular flexibility index (Phi) is 2.49. The molecule has 0 aliphatic heterocycles. The van der Waals surface area contributed by atoms with E-state index in [9.17, 15) is 14.9 Å². The standard InChI is InChI=1S/C8H5N5O4/c14-8(15)7-5(13(16)17)4-12(11-7)6-3-9-1-2-10-6/h1-4H,(H,14,15). The number of carbonyl (C=O) groups is 1. The van der Waals surface area contributed by atoms with Crippen molar-refractivity contribution in [2.45, 2.75) is 0 Å². The maximum atomic E-state index is 10.8. The van der Waals surface area contributed by atoms with Gasteiger partial charge in [-0.2, -0.15) is 5.10 Å². The summed E-state index contributed by atoms with van der Waals surface area (Å²) < 4.78 is 0.995. The number of nitro groups is 1. The third kappa shape index (κ3) is 1.93. The molecular weight excluding hydrogens is 230 g/mol. The normalized spacial score (nSPS) is 10.1. The Morgan fingerprint density at radius 3 is 2.71 bits per heavy atom. The van der Waals surface area contributed by atoms with Gasteiger partial charge in [-0.25, -0.2) is 14.5 Å². The van der Waals surface area contributed by atoms with Crippen molar-refractivity contribution < 1.29 is 14.8 Å². The van der Waals surface area contributed by atoms with Crippen LogP contribution in [0.15, 0.2) is 24.8 Å². The summed E-state index contributed by atoms with van der Waals surface area (Å²) in [6.45, 7) is 0. The Bertz CT molecular complexity index is 547. The van der Waals surface area contributed by atoms with Crippen LogP contribution in [0.2, 0.25) is 0 Å². The summed E-state index contributed by atoms with van der Waals surface area (Å²) in [5, 5.41) is 23.0. The minimum absolute atomic E-state index is 0.197. The highest BCUT2D eigenvalue weighted by Gasteiger charge is 2.25. The molecule has 17 heavy (non-hydrogen) atoms. The molecule has 0 bridgehead atoms. The van der Waals surface area contributed by atoms with Gasteiger partial charge in [0, 0.05) is 12.4 Å². The van der Waals surface area contributed by atoms with Crippen LogP contribution in [-0.2, 0) is 0 Å². The van der Waals surface area contributed by atoms with E-state index in [0.717, 1.165) is 10.9 Å². The Labute approximate surface area is 93.5 Å². The molecule has 0 amide bonds. The van der Waals surface area contributed by atoms with Crippen LogP contribution in [0.25, 0.3) is 5.82 Å². The molecule has 0 spiro atoms. The first-order chi connectivity index (χ1) is 8.09. The number of hydrogen-bond acceptors (Lipinski definition) is 6. The highest BCUT2D eigenvalue weighted by molar-refractivity contribution is 5.89. The van der Waals surface area contributed by atoms with Gasteiger partial charge in [-0.05, 0) is 0 Å². The van der Waals surface area contributed by atoms with Gasteiger partial charge >= 0.3 is 11.7 Å². The van der Waals surface area contributed by atoms with Gasteiger partial charge in [0.2, 0.25) is 5.69 Å². The van der Waals surface area contributed by atoms with E-state index in [1.807, 2.05) is 0 Å². The summed E-state index contributed by atoms with van der Waals surface area (Å²) in [7, 11) is 0. The zero-order valence-corrected chi connectivity index (χ0v) is 8.22. The number of carboxylic acids is 1. The van der Waals surface area contributed by atoms with E-state index in [-0.39, 0.29) is 5.82 Å². The molecule has 0 saturated carbocycles. The number of nitrogens with zero attached hydrogens (tertiary/aromatic N) is 5. The molecule has 0 aromatic carbocycles. The molecule has 1 N–H and O–H groups in total. The van der Waals surface area contributed by atoms with E-state index in [0.29, 0.717) is 0 Å². The van der Waals surface area contributed by atoms with E-state index in [1.54, 1.807) is 0 Å². The molecule has 0 radical (unpaired) electrons. The van der Waals surface area contributed by atoms with Crippen molar-refractivity contribution in [3.8, 4) is 5.82 Å². The van der Waals surface area contributed by atoms with Crippen molar-refractivity contribution >= 4 is 11.7 Å². The van der Waals surface area contributed by atoms with E-state index in [1.165, 1.54) is 18.6 Å². The fourth-order valence-corrected chi connectivity index (χ4v) is 1.18. The molecule has 0 atom stereocenters. The van der Waals surface area contributed by atoms with Crippen LogP contribution in [0.1, 0.15) is 10.5 Å². The lowest BCUT2D eigenvalue weighted by atomic mass is 10.4. The lowest BCUT2D eigenvalue weighted by Gasteiger charge is -1.95. The van der Waals surface area contributed by atoms with Crippen molar-refractivity contribution in [3.63, 3.8) is 0 Å². The fraction of sp³-hybridized carbons (Fsp3) is 0. The van der Waals surface area contributed by atoms with Crippen molar-refractivity contribution in [1.82, 2.24) is 19.7 Å². The molecular formula is C8H5N5O4. The largest absolute Gasteiger partial charge is 0.476 e. The zero-order chi connectivity index (χ0) is 12.4. The molecule has 0 aliphatic rings. The Morgan fingerprint density at radius 2 is 2.24 bits per heavy atom. The molecule has 0 unspecified atom stereocenters. The number of hydrogen-bond donors (Lipinski definition) is 1. The number of rotatable bonds is 3. The summed E-state index contributed by atoms with van der Waals surface area (Å²) in [5.74, 6) is -1.28. The fourth-order valence-electron chi connectivity index (χ4n) is 1.18. The molecule has 2 rings (SSSR count). The third-order valence-electron chi connectivity index (χ3n) is 1.88. The number of aromatic carboxylic acids is 1. The lowest BCUT2D eigenvalue weighted by molar-refractivity contribution is -0.385. The minimum Gasteiger partial charge on any atom is -0.476 e. The Morgan fingerprint density at radius 1 is 1.47 bits per heavy atom. The highest BCUT2D eigenvalue weighted by Crippen LogP contribution is 2.18. The summed E-state index contributed by atoms with van der Waals surface area (Å²) in [4.78, 5) is 28.2. The smallest absolute Gasteiger partial charge is 0.363 e. The van der Waals surface area contributed by atoms with E-state index < -0.39 is 22.3 Å². The molecule has 2 heterocycles. The van der Waals surface area contributed by atoms with Crippen LogP contribution < -0.4 is 0 Å². The van der Waals surface area contributed by atoms with Crippen LogP contribution in [0, 0.1) is 10.1 Å². The van der Waals surface area contributed by atoms with Gasteiger partial charge in [-0.1, -0.05) is 0 Å². The SMILES string of the molecule is O=C(O)c1nn(-c2cnccn2)cc1[N+](=O)[O-]. The van der Waals surface area contributed by atoms with Crippen LogP contribution in [0.4, 0.5) is 5.69 Å².